The zero-order valence-corrected chi connectivity index (χ0v) is 5.77. The van der Waals surface area contributed by atoms with Crippen LogP contribution in [-0.2, 0) is 0 Å². The van der Waals surface area contributed by atoms with E-state index in [0.29, 0.717) is 0 Å². The summed E-state index contributed by atoms with van der Waals surface area (Å²) in [4.78, 5) is 0. The second-order valence-corrected chi connectivity index (χ2v) is 3.21. The minimum atomic E-state index is 0.884. The SMILES string of the molecule is [CH]1CCC2NCCC2C1. The van der Waals surface area contributed by atoms with Gasteiger partial charge in [0.2, 0.25) is 0 Å². The van der Waals surface area contributed by atoms with Gasteiger partial charge in [0.25, 0.3) is 0 Å². The van der Waals surface area contributed by atoms with Crippen LogP contribution in [0.25, 0.3) is 0 Å². The number of hydrogen-bond donors (Lipinski definition) is 1. The summed E-state index contributed by atoms with van der Waals surface area (Å²) in [7, 11) is 0. The zero-order chi connectivity index (χ0) is 6.10. The molecule has 1 saturated heterocycles. The highest BCUT2D eigenvalue weighted by atomic mass is 15.0. The van der Waals surface area contributed by atoms with Crippen LogP contribution in [0.3, 0.4) is 0 Å². The Labute approximate surface area is 56.8 Å². The van der Waals surface area contributed by atoms with Crippen molar-refractivity contribution >= 4 is 0 Å². The van der Waals surface area contributed by atoms with Crippen molar-refractivity contribution in [3.63, 3.8) is 0 Å². The van der Waals surface area contributed by atoms with Crippen LogP contribution in [0, 0.1) is 12.3 Å². The van der Waals surface area contributed by atoms with Crippen LogP contribution in [0.15, 0.2) is 0 Å². The van der Waals surface area contributed by atoms with E-state index in [9.17, 15) is 0 Å². The second kappa shape index (κ2) is 2.30. The molecule has 0 bridgehead atoms. The van der Waals surface area contributed by atoms with Gasteiger partial charge in [-0.2, -0.15) is 0 Å². The Hall–Kier alpha value is -0.0400. The molecule has 1 N–H and O–H groups in total. The van der Waals surface area contributed by atoms with Gasteiger partial charge in [-0.05, 0) is 44.6 Å². The summed E-state index contributed by atoms with van der Waals surface area (Å²) in [5.41, 5.74) is 0. The lowest BCUT2D eigenvalue weighted by atomic mass is 9.86. The van der Waals surface area contributed by atoms with Crippen LogP contribution in [0.1, 0.15) is 25.7 Å². The van der Waals surface area contributed by atoms with Gasteiger partial charge in [0, 0.05) is 6.04 Å². The third-order valence-electron chi connectivity index (χ3n) is 2.64. The Balaban J connectivity index is 1.97. The first-order valence-corrected chi connectivity index (χ1v) is 4.02. The molecule has 51 valence electrons. The third-order valence-corrected chi connectivity index (χ3v) is 2.64. The maximum atomic E-state index is 3.54. The molecule has 1 radical (unpaired) electrons. The molecule has 1 heteroatoms. The highest BCUT2D eigenvalue weighted by Crippen LogP contribution is 2.29. The summed E-state index contributed by atoms with van der Waals surface area (Å²) in [6.07, 6.45) is 7.98. The Kier molecular flexibility index (Phi) is 1.46. The quantitative estimate of drug-likeness (QED) is 0.514. The first kappa shape index (κ1) is 5.72. The minimum absolute atomic E-state index is 0.884. The Bertz CT molecular complexity index is 88.7. The van der Waals surface area contributed by atoms with Crippen molar-refractivity contribution in [3.05, 3.63) is 6.42 Å². The van der Waals surface area contributed by atoms with Crippen LogP contribution >= 0.6 is 0 Å². The summed E-state index contributed by atoms with van der Waals surface area (Å²) in [5, 5.41) is 3.54. The van der Waals surface area contributed by atoms with E-state index in [0.717, 1.165) is 12.0 Å². The molecule has 1 saturated carbocycles. The monoisotopic (exact) mass is 124 g/mol. The molecule has 1 heterocycles. The van der Waals surface area contributed by atoms with E-state index in [-0.39, 0.29) is 0 Å². The lowest BCUT2D eigenvalue weighted by Crippen LogP contribution is -2.29. The molecule has 1 aliphatic carbocycles. The van der Waals surface area contributed by atoms with Gasteiger partial charge in [-0.15, -0.1) is 0 Å². The van der Waals surface area contributed by atoms with Crippen molar-refractivity contribution in [2.24, 2.45) is 5.92 Å². The summed E-state index contributed by atoms with van der Waals surface area (Å²) >= 11 is 0. The van der Waals surface area contributed by atoms with Crippen LogP contribution in [-0.4, -0.2) is 12.6 Å². The molecule has 9 heavy (non-hydrogen) atoms. The summed E-state index contributed by atoms with van der Waals surface area (Å²) in [5.74, 6) is 0.999. The molecule has 0 aromatic rings. The van der Waals surface area contributed by atoms with Crippen molar-refractivity contribution in [2.75, 3.05) is 6.54 Å². The maximum absolute atomic E-state index is 3.54. The molecule has 1 nitrogen and oxygen atoms in total. The number of hydrogen-bond acceptors (Lipinski definition) is 1. The van der Waals surface area contributed by atoms with Gasteiger partial charge in [0.15, 0.2) is 0 Å². The van der Waals surface area contributed by atoms with Gasteiger partial charge < -0.3 is 5.32 Å². The Morgan fingerprint density at radius 2 is 2.33 bits per heavy atom. The maximum Gasteiger partial charge on any atom is 0.00960 e. The van der Waals surface area contributed by atoms with Crippen LogP contribution in [0.5, 0.6) is 0 Å². The lowest BCUT2D eigenvalue weighted by molar-refractivity contribution is 0.374. The van der Waals surface area contributed by atoms with Gasteiger partial charge in [-0.3, -0.25) is 0 Å². The average Bonchev–Trinajstić information content (AvgIpc) is 2.33. The first-order valence-electron chi connectivity index (χ1n) is 4.02. The Morgan fingerprint density at radius 3 is 3.22 bits per heavy atom. The fourth-order valence-corrected chi connectivity index (χ4v) is 2.07. The van der Waals surface area contributed by atoms with E-state index in [4.69, 9.17) is 0 Å². The first-order chi connectivity index (χ1) is 4.47. The normalized spacial score (nSPS) is 42.7. The minimum Gasteiger partial charge on any atom is -0.314 e. The molecule has 0 spiro atoms. The van der Waals surface area contributed by atoms with Crippen LogP contribution in [0.4, 0.5) is 0 Å². The number of nitrogens with one attached hydrogen (secondary N) is 1. The van der Waals surface area contributed by atoms with Crippen molar-refractivity contribution in [1.82, 2.24) is 5.32 Å². The highest BCUT2D eigenvalue weighted by Gasteiger charge is 2.28. The van der Waals surface area contributed by atoms with Crippen molar-refractivity contribution < 1.29 is 0 Å². The fraction of sp³-hybridized carbons (Fsp3) is 0.875. The van der Waals surface area contributed by atoms with E-state index in [1.807, 2.05) is 0 Å². The van der Waals surface area contributed by atoms with Gasteiger partial charge in [0.1, 0.15) is 0 Å². The molecule has 2 unspecified atom stereocenters. The van der Waals surface area contributed by atoms with Crippen molar-refractivity contribution in [3.8, 4) is 0 Å². The molecule has 0 amide bonds. The lowest BCUT2D eigenvalue weighted by Gasteiger charge is -2.23. The standard InChI is InChI=1S/C8H14N/c1-2-4-8-7(3-1)5-6-9-8/h1,7-9H,2-6H2. The summed E-state index contributed by atoms with van der Waals surface area (Å²) in [6, 6.07) is 0.884. The van der Waals surface area contributed by atoms with Gasteiger partial charge in [-0.1, -0.05) is 0 Å². The predicted octanol–water partition coefficient (Wildman–Crippen LogP) is 1.35. The predicted molar refractivity (Wildman–Crippen MR) is 38.0 cm³/mol. The van der Waals surface area contributed by atoms with E-state index < -0.39 is 0 Å². The number of rotatable bonds is 0. The second-order valence-electron chi connectivity index (χ2n) is 3.21. The molecule has 2 atom stereocenters. The third kappa shape index (κ3) is 0.983. The zero-order valence-electron chi connectivity index (χ0n) is 5.77. The molecule has 2 aliphatic rings. The summed E-state index contributed by atoms with van der Waals surface area (Å²) < 4.78 is 0. The Morgan fingerprint density at radius 1 is 1.33 bits per heavy atom. The largest absolute Gasteiger partial charge is 0.314 e. The van der Waals surface area contributed by atoms with E-state index in [1.54, 1.807) is 0 Å². The van der Waals surface area contributed by atoms with Gasteiger partial charge >= 0.3 is 0 Å². The smallest absolute Gasteiger partial charge is 0.00960 e. The van der Waals surface area contributed by atoms with Crippen LogP contribution in [0.2, 0.25) is 0 Å². The molecule has 0 aromatic heterocycles. The van der Waals surface area contributed by atoms with Crippen LogP contribution < -0.4 is 5.32 Å². The molecular formula is C8H14N. The van der Waals surface area contributed by atoms with Gasteiger partial charge in [-0.25, -0.2) is 0 Å². The topological polar surface area (TPSA) is 12.0 Å². The highest BCUT2D eigenvalue weighted by molar-refractivity contribution is 4.92. The molecule has 0 aromatic carbocycles. The summed E-state index contributed by atoms with van der Waals surface area (Å²) in [6.45, 7) is 1.27. The van der Waals surface area contributed by atoms with E-state index in [2.05, 4.69) is 11.7 Å². The molecular weight excluding hydrogens is 110 g/mol. The van der Waals surface area contributed by atoms with Gasteiger partial charge in [0.05, 0.1) is 0 Å². The number of fused-ring (bicyclic) bond motifs is 1. The van der Waals surface area contributed by atoms with E-state index in [1.165, 1.54) is 32.2 Å². The van der Waals surface area contributed by atoms with E-state index >= 15 is 0 Å². The molecule has 2 rings (SSSR count). The molecule has 1 aliphatic heterocycles. The van der Waals surface area contributed by atoms with Crippen molar-refractivity contribution in [1.29, 1.82) is 0 Å². The fourth-order valence-electron chi connectivity index (χ4n) is 2.07. The molecule has 2 fully saturated rings. The average molecular weight is 124 g/mol. The van der Waals surface area contributed by atoms with Crippen molar-refractivity contribution in [2.45, 2.75) is 31.7 Å².